The summed E-state index contributed by atoms with van der Waals surface area (Å²) >= 11 is -1.76. The Morgan fingerprint density at radius 1 is 0.800 bits per heavy atom. The first-order chi connectivity index (χ1) is 6.42. The first-order valence-electron chi connectivity index (χ1n) is 5.14. The standard InChI is InChI=1S/2C5H5.C2H4.2ClH.Zr/c2*1-2-4-5-3-1;1-2;;;/h2*1-3H,4H2;1-2H2;2*1H;. The number of hydrogen-bond donors (Lipinski definition) is 0. The maximum Gasteiger partial charge on any atom is -0.147 e. The van der Waals surface area contributed by atoms with Gasteiger partial charge in [0.15, 0.2) is 0 Å². The summed E-state index contributed by atoms with van der Waals surface area (Å²) in [5.41, 5.74) is 0. The zero-order valence-corrected chi connectivity index (χ0v) is 12.7. The minimum absolute atomic E-state index is 0. The van der Waals surface area contributed by atoms with Crippen LogP contribution in [0.3, 0.4) is 0 Å². The Morgan fingerprint density at radius 3 is 1.53 bits per heavy atom. The van der Waals surface area contributed by atoms with Gasteiger partial charge in [0, 0.05) is 0 Å². The second-order valence-corrected chi connectivity index (χ2v) is 15.2. The second kappa shape index (κ2) is 5.17. The normalized spacial score (nSPS) is 24.0. The molecular formula is C12H16Cl2Zr. The van der Waals surface area contributed by atoms with Gasteiger partial charge in [-0.1, -0.05) is 0 Å². The van der Waals surface area contributed by atoms with E-state index in [1.807, 2.05) is 6.56 Å². The van der Waals surface area contributed by atoms with Crippen LogP contribution in [0.1, 0.15) is 12.8 Å². The third-order valence-corrected chi connectivity index (χ3v) is 15.1. The third-order valence-electron chi connectivity index (χ3n) is 3.52. The fraction of sp³-hybridized carbons (Fsp3) is 0.333. The number of allylic oxidation sites excluding steroid dienone is 8. The van der Waals surface area contributed by atoms with E-state index < -0.39 is 20.3 Å². The van der Waals surface area contributed by atoms with Crippen molar-refractivity contribution in [1.82, 2.24) is 0 Å². The molecule has 0 aromatic heterocycles. The fourth-order valence-electron chi connectivity index (χ4n) is 2.58. The van der Waals surface area contributed by atoms with Gasteiger partial charge < -0.3 is 0 Å². The van der Waals surface area contributed by atoms with E-state index in [9.17, 15) is 0 Å². The maximum atomic E-state index is 2.42. The van der Waals surface area contributed by atoms with Crippen LogP contribution in [0.5, 0.6) is 0 Å². The van der Waals surface area contributed by atoms with Crippen LogP contribution >= 0.6 is 24.8 Å². The first kappa shape index (κ1) is 13.5. The van der Waals surface area contributed by atoms with E-state index in [1.54, 1.807) is 8.26 Å². The van der Waals surface area contributed by atoms with Gasteiger partial charge in [-0.2, -0.15) is 0 Å². The van der Waals surface area contributed by atoms with Crippen LogP contribution in [-0.2, 0) is 20.3 Å². The summed E-state index contributed by atoms with van der Waals surface area (Å²) < 4.78 is 6.92. The van der Waals surface area contributed by atoms with Gasteiger partial charge >= 0.3 is 84.4 Å². The van der Waals surface area contributed by atoms with Gasteiger partial charge in [-0.25, -0.2) is 0 Å². The van der Waals surface area contributed by atoms with E-state index >= 15 is 0 Å². The summed E-state index contributed by atoms with van der Waals surface area (Å²) in [5, 5.41) is 0. The molecule has 0 N–H and O–H groups in total. The van der Waals surface area contributed by atoms with Crippen molar-refractivity contribution >= 4 is 24.8 Å². The topological polar surface area (TPSA) is 0 Å². The van der Waals surface area contributed by atoms with Gasteiger partial charge in [0.2, 0.25) is 0 Å². The molecule has 1 aliphatic heterocycles. The SMILES string of the molecule is C1=CC[C]([Zr]2([C]3=CC=CC3)[CH2][CH2]2)=C1.Cl.Cl. The Hall–Kier alpha value is 0.423. The van der Waals surface area contributed by atoms with Crippen molar-refractivity contribution in [3.8, 4) is 0 Å². The molecule has 2 aliphatic carbocycles. The van der Waals surface area contributed by atoms with Crippen LogP contribution < -0.4 is 0 Å². The van der Waals surface area contributed by atoms with Gasteiger partial charge in [0.25, 0.3) is 0 Å². The van der Waals surface area contributed by atoms with Gasteiger partial charge in [-0.15, -0.1) is 24.8 Å². The monoisotopic (exact) mass is 320 g/mol. The smallest absolute Gasteiger partial charge is 0.147 e. The van der Waals surface area contributed by atoms with Crippen molar-refractivity contribution in [3.05, 3.63) is 43.0 Å². The molecule has 0 bridgehead atoms. The minimum atomic E-state index is -1.76. The zero-order chi connectivity index (χ0) is 8.73. The summed E-state index contributed by atoms with van der Waals surface area (Å²) in [7, 11) is 0. The molecule has 3 rings (SSSR count). The molecule has 0 radical (unpaired) electrons. The van der Waals surface area contributed by atoms with Gasteiger partial charge in [0.05, 0.1) is 0 Å². The van der Waals surface area contributed by atoms with Crippen LogP contribution in [0.4, 0.5) is 0 Å². The Balaban J connectivity index is 0.000000562. The molecule has 82 valence electrons. The van der Waals surface area contributed by atoms with Crippen LogP contribution in [-0.4, -0.2) is 0 Å². The largest absolute Gasteiger partial charge is 0.147 e. The predicted octanol–water partition coefficient (Wildman–Crippen LogP) is 4.52. The summed E-state index contributed by atoms with van der Waals surface area (Å²) in [6, 6.07) is 0. The van der Waals surface area contributed by atoms with Crippen LogP contribution in [0.15, 0.2) is 43.0 Å². The molecule has 0 saturated carbocycles. The van der Waals surface area contributed by atoms with E-state index in [0.29, 0.717) is 0 Å². The molecule has 0 unspecified atom stereocenters. The number of rotatable bonds is 2. The average Bonchev–Trinajstić information content (AvgIpc) is 2.68. The van der Waals surface area contributed by atoms with Gasteiger partial charge in [0.1, 0.15) is 0 Å². The molecule has 0 nitrogen and oxygen atoms in total. The van der Waals surface area contributed by atoms with E-state index in [1.165, 1.54) is 12.8 Å². The molecule has 0 spiro atoms. The second-order valence-electron chi connectivity index (χ2n) is 4.23. The molecule has 15 heavy (non-hydrogen) atoms. The maximum absolute atomic E-state index is 2.42. The summed E-state index contributed by atoms with van der Waals surface area (Å²) in [6.07, 6.45) is 16.6. The Bertz CT molecular complexity index is 328. The molecule has 3 aliphatic rings. The van der Waals surface area contributed by atoms with Crippen molar-refractivity contribution in [2.75, 3.05) is 0 Å². The molecule has 0 aromatic rings. The third kappa shape index (κ3) is 2.25. The Kier molecular flexibility index (Phi) is 4.65. The fourth-order valence-corrected chi connectivity index (χ4v) is 15.5. The van der Waals surface area contributed by atoms with E-state index in [0.717, 1.165) is 0 Å². The quantitative estimate of drug-likeness (QED) is 0.701. The summed E-state index contributed by atoms with van der Waals surface area (Å²) in [5.74, 6) is 0. The van der Waals surface area contributed by atoms with Crippen LogP contribution in [0.25, 0.3) is 0 Å². The van der Waals surface area contributed by atoms with E-state index in [-0.39, 0.29) is 24.8 Å². The minimum Gasteiger partial charge on any atom is -0.147 e. The predicted molar refractivity (Wildman–Crippen MR) is 67.8 cm³/mol. The van der Waals surface area contributed by atoms with E-state index in [4.69, 9.17) is 0 Å². The molecule has 1 fully saturated rings. The first-order valence-corrected chi connectivity index (χ1v) is 11.1. The summed E-state index contributed by atoms with van der Waals surface area (Å²) in [6.45, 7) is 0. The molecule has 0 amide bonds. The number of hydrogen-bond acceptors (Lipinski definition) is 0. The molecule has 3 heteroatoms. The van der Waals surface area contributed by atoms with Crippen molar-refractivity contribution in [2.24, 2.45) is 0 Å². The molecule has 0 atom stereocenters. The molecule has 1 heterocycles. The van der Waals surface area contributed by atoms with Gasteiger partial charge in [-0.05, 0) is 0 Å². The van der Waals surface area contributed by atoms with Crippen molar-refractivity contribution in [3.63, 3.8) is 0 Å². The average molecular weight is 322 g/mol. The van der Waals surface area contributed by atoms with Crippen molar-refractivity contribution in [1.29, 1.82) is 0 Å². The Labute approximate surface area is 108 Å². The van der Waals surface area contributed by atoms with Crippen LogP contribution in [0, 0.1) is 0 Å². The summed E-state index contributed by atoms with van der Waals surface area (Å²) in [4.78, 5) is 0. The van der Waals surface area contributed by atoms with E-state index in [2.05, 4.69) is 36.5 Å². The number of halogens is 2. The van der Waals surface area contributed by atoms with Crippen LogP contribution in [0.2, 0.25) is 8.26 Å². The van der Waals surface area contributed by atoms with Crippen molar-refractivity contribution in [2.45, 2.75) is 21.1 Å². The molecule has 1 saturated heterocycles. The van der Waals surface area contributed by atoms with Gasteiger partial charge in [-0.3, -0.25) is 0 Å². The van der Waals surface area contributed by atoms with Crippen molar-refractivity contribution < 1.29 is 20.3 Å². The zero-order valence-electron chi connectivity index (χ0n) is 8.61. The molecule has 0 aromatic carbocycles. The molecular weight excluding hydrogens is 306 g/mol. The Morgan fingerprint density at radius 2 is 1.27 bits per heavy atom.